The second kappa shape index (κ2) is 8.19. The summed E-state index contributed by atoms with van der Waals surface area (Å²) in [5.74, 6) is -0.101. The quantitative estimate of drug-likeness (QED) is 0.346. The summed E-state index contributed by atoms with van der Waals surface area (Å²) in [6.07, 6.45) is -7.18. The summed E-state index contributed by atoms with van der Waals surface area (Å²) in [5, 5.41) is 60.7. The topological polar surface area (TPSA) is 161 Å². The van der Waals surface area contributed by atoms with Crippen LogP contribution in [0, 0.1) is 13.8 Å². The van der Waals surface area contributed by atoms with Crippen LogP contribution in [0.3, 0.4) is 0 Å². The maximum Gasteiger partial charge on any atom is 0.197 e. The van der Waals surface area contributed by atoms with E-state index in [1.165, 1.54) is 18.2 Å². The summed E-state index contributed by atoms with van der Waals surface area (Å²) in [4.78, 5) is 13.0. The summed E-state index contributed by atoms with van der Waals surface area (Å²) in [5.41, 5.74) is 0.912. The molecule has 1 aliphatic rings. The van der Waals surface area contributed by atoms with E-state index < -0.39 is 42.6 Å². The van der Waals surface area contributed by atoms with Crippen molar-refractivity contribution >= 4 is 11.0 Å². The van der Waals surface area contributed by atoms with Gasteiger partial charge in [-0.1, -0.05) is 0 Å². The fourth-order valence-corrected chi connectivity index (χ4v) is 4.10. The lowest BCUT2D eigenvalue weighted by atomic mass is 9.86. The fraction of sp³-hybridized carbons (Fsp3) is 0.348. The number of rotatable bonds is 3. The predicted molar refractivity (Wildman–Crippen MR) is 113 cm³/mol. The zero-order valence-electron chi connectivity index (χ0n) is 17.4. The standard InChI is InChI=1S/C23H24O9/c1-9-10(2)18(27)17-13(26)7-14(11-3-5-12(25)6-4-11)31-22(17)16(9)23-21(30)20(29)19(28)15(8-24)32-23/h3-7,15,19-21,23-25,27-30H,8H2,1-2H3/t15-,19+,20+,21+,23-/m0/s1. The number of hydrogen-bond donors (Lipinski definition) is 6. The minimum atomic E-state index is -1.62. The molecule has 2 heterocycles. The van der Waals surface area contributed by atoms with Crippen LogP contribution >= 0.6 is 0 Å². The summed E-state index contributed by atoms with van der Waals surface area (Å²) in [6.45, 7) is 2.61. The summed E-state index contributed by atoms with van der Waals surface area (Å²) in [7, 11) is 0. The van der Waals surface area contributed by atoms with Gasteiger partial charge in [-0.25, -0.2) is 0 Å². The van der Waals surface area contributed by atoms with Crippen LogP contribution in [-0.4, -0.2) is 61.7 Å². The van der Waals surface area contributed by atoms with Gasteiger partial charge >= 0.3 is 0 Å². The minimum Gasteiger partial charge on any atom is -0.508 e. The van der Waals surface area contributed by atoms with E-state index in [-0.39, 0.29) is 33.8 Å². The predicted octanol–water partition coefficient (Wildman–Crippen LogP) is 1.00. The van der Waals surface area contributed by atoms with Gasteiger partial charge in [-0.3, -0.25) is 4.79 Å². The van der Waals surface area contributed by atoms with E-state index in [0.717, 1.165) is 0 Å². The molecule has 0 radical (unpaired) electrons. The van der Waals surface area contributed by atoms with Crippen molar-refractivity contribution in [2.45, 2.75) is 44.4 Å². The number of hydrogen-bond acceptors (Lipinski definition) is 9. The van der Waals surface area contributed by atoms with Crippen LogP contribution in [0.15, 0.2) is 39.5 Å². The van der Waals surface area contributed by atoms with Crippen LogP contribution in [0.4, 0.5) is 0 Å². The molecule has 0 amide bonds. The molecule has 0 aliphatic carbocycles. The van der Waals surface area contributed by atoms with Gasteiger partial charge in [-0.15, -0.1) is 0 Å². The van der Waals surface area contributed by atoms with Crippen molar-refractivity contribution < 1.29 is 39.8 Å². The molecule has 170 valence electrons. The van der Waals surface area contributed by atoms with Crippen LogP contribution in [0.2, 0.25) is 0 Å². The van der Waals surface area contributed by atoms with Gasteiger partial charge < -0.3 is 39.8 Å². The largest absolute Gasteiger partial charge is 0.508 e. The lowest BCUT2D eigenvalue weighted by Crippen LogP contribution is -2.55. The van der Waals surface area contributed by atoms with Gasteiger partial charge in [-0.2, -0.15) is 0 Å². The van der Waals surface area contributed by atoms with E-state index in [0.29, 0.717) is 16.7 Å². The van der Waals surface area contributed by atoms with Crippen LogP contribution in [-0.2, 0) is 4.74 Å². The zero-order valence-corrected chi connectivity index (χ0v) is 17.4. The van der Waals surface area contributed by atoms with Crippen molar-refractivity contribution in [2.24, 2.45) is 0 Å². The highest BCUT2D eigenvalue weighted by atomic mass is 16.5. The fourth-order valence-electron chi connectivity index (χ4n) is 4.10. The third-order valence-electron chi connectivity index (χ3n) is 6.08. The van der Waals surface area contributed by atoms with Gasteiger partial charge in [-0.05, 0) is 49.2 Å². The Hall–Kier alpha value is -2.95. The molecule has 0 unspecified atom stereocenters. The Morgan fingerprint density at radius 2 is 1.59 bits per heavy atom. The monoisotopic (exact) mass is 444 g/mol. The molecule has 1 aromatic heterocycles. The Bertz CT molecular complexity index is 1210. The highest BCUT2D eigenvalue weighted by Gasteiger charge is 2.45. The molecule has 6 N–H and O–H groups in total. The van der Waals surface area contributed by atoms with E-state index >= 15 is 0 Å². The van der Waals surface area contributed by atoms with Crippen molar-refractivity contribution in [3.05, 3.63) is 57.2 Å². The number of aliphatic hydroxyl groups is 4. The molecule has 9 nitrogen and oxygen atoms in total. The van der Waals surface area contributed by atoms with Crippen molar-refractivity contribution in [3.63, 3.8) is 0 Å². The van der Waals surface area contributed by atoms with E-state index in [4.69, 9.17) is 9.15 Å². The lowest BCUT2D eigenvalue weighted by Gasteiger charge is -2.40. The van der Waals surface area contributed by atoms with Gasteiger partial charge in [0.05, 0.1) is 6.61 Å². The number of phenols is 2. The average Bonchev–Trinajstić information content (AvgIpc) is 2.77. The lowest BCUT2D eigenvalue weighted by molar-refractivity contribution is -0.231. The molecular weight excluding hydrogens is 420 g/mol. The summed E-state index contributed by atoms with van der Waals surface area (Å²) < 4.78 is 11.7. The van der Waals surface area contributed by atoms with E-state index in [2.05, 4.69) is 0 Å². The van der Waals surface area contributed by atoms with Gasteiger partial charge in [0.15, 0.2) is 5.43 Å². The van der Waals surface area contributed by atoms with E-state index in [1.807, 2.05) is 0 Å². The Morgan fingerprint density at radius 3 is 2.22 bits per heavy atom. The maximum absolute atomic E-state index is 13.0. The number of aromatic hydroxyl groups is 2. The highest BCUT2D eigenvalue weighted by molar-refractivity contribution is 5.90. The van der Waals surface area contributed by atoms with Crippen LogP contribution in [0.25, 0.3) is 22.3 Å². The molecule has 1 fully saturated rings. The van der Waals surface area contributed by atoms with Crippen molar-refractivity contribution in [1.29, 1.82) is 0 Å². The molecule has 9 heteroatoms. The minimum absolute atomic E-state index is 0.0306. The molecular formula is C23H24O9. The van der Waals surface area contributed by atoms with Crippen molar-refractivity contribution in [3.8, 4) is 22.8 Å². The van der Waals surface area contributed by atoms with Crippen molar-refractivity contribution in [2.75, 3.05) is 6.61 Å². The number of ether oxygens (including phenoxy) is 1. The smallest absolute Gasteiger partial charge is 0.197 e. The first-order valence-corrected chi connectivity index (χ1v) is 10.1. The third-order valence-corrected chi connectivity index (χ3v) is 6.08. The molecule has 0 bridgehead atoms. The van der Waals surface area contributed by atoms with Gasteiger partial charge in [0.2, 0.25) is 0 Å². The third kappa shape index (κ3) is 3.44. The van der Waals surface area contributed by atoms with Crippen LogP contribution in [0.1, 0.15) is 22.8 Å². The van der Waals surface area contributed by atoms with Crippen molar-refractivity contribution in [1.82, 2.24) is 0 Å². The second-order valence-electron chi connectivity index (χ2n) is 7.99. The van der Waals surface area contributed by atoms with Gasteiger partial charge in [0.25, 0.3) is 0 Å². The highest BCUT2D eigenvalue weighted by Crippen LogP contribution is 2.42. The molecule has 0 spiro atoms. The summed E-state index contributed by atoms with van der Waals surface area (Å²) >= 11 is 0. The Balaban J connectivity index is 2.01. The first-order valence-electron chi connectivity index (χ1n) is 10.1. The molecule has 2 aromatic carbocycles. The van der Waals surface area contributed by atoms with Crippen LogP contribution < -0.4 is 5.43 Å². The van der Waals surface area contributed by atoms with Gasteiger partial charge in [0.1, 0.15) is 58.7 Å². The molecule has 4 rings (SSSR count). The van der Waals surface area contributed by atoms with Crippen LogP contribution in [0.5, 0.6) is 11.5 Å². The Morgan fingerprint density at radius 1 is 0.938 bits per heavy atom. The Labute approximate surface area is 182 Å². The number of phenolic OH excluding ortho intramolecular Hbond substituents is 2. The molecule has 1 saturated heterocycles. The number of aliphatic hydroxyl groups excluding tert-OH is 4. The van der Waals surface area contributed by atoms with E-state index in [1.54, 1.807) is 26.0 Å². The normalized spacial score (nSPS) is 25.9. The first-order chi connectivity index (χ1) is 15.1. The average molecular weight is 444 g/mol. The molecule has 32 heavy (non-hydrogen) atoms. The molecule has 3 aromatic rings. The maximum atomic E-state index is 13.0. The molecule has 1 aliphatic heterocycles. The first kappa shape index (κ1) is 22.3. The van der Waals surface area contributed by atoms with Gasteiger partial charge in [0, 0.05) is 17.2 Å². The Kier molecular flexibility index (Phi) is 5.70. The summed E-state index contributed by atoms with van der Waals surface area (Å²) in [6, 6.07) is 7.16. The van der Waals surface area contributed by atoms with E-state index in [9.17, 15) is 35.4 Å². The number of fused-ring (bicyclic) bond motifs is 1. The SMILES string of the molecule is Cc1c(C)c(O)c2c(=O)cc(-c3ccc(O)cc3)oc2c1[C@@H]1O[C@@H](CO)[C@@H](O)[C@@H](O)[C@H]1O. The molecule has 0 saturated carbocycles. The number of benzene rings is 2. The second-order valence-corrected chi connectivity index (χ2v) is 7.99. The molecule has 5 atom stereocenters. The zero-order chi connectivity index (χ0) is 23.3.